The molecule has 0 bridgehead atoms. The molecule has 1 aliphatic heterocycles. The van der Waals surface area contributed by atoms with Gasteiger partial charge in [0.15, 0.2) is 5.70 Å². The summed E-state index contributed by atoms with van der Waals surface area (Å²) in [6.07, 6.45) is 1.52. The first-order valence-corrected chi connectivity index (χ1v) is 9.55. The smallest absolute Gasteiger partial charge is 0.363 e. The summed E-state index contributed by atoms with van der Waals surface area (Å²) < 4.78 is 10.6. The topological polar surface area (TPSA) is 108 Å². The lowest BCUT2D eigenvalue weighted by Crippen LogP contribution is -2.08. The van der Waals surface area contributed by atoms with Crippen LogP contribution >= 0.6 is 0 Å². The van der Waals surface area contributed by atoms with Crippen molar-refractivity contribution in [1.82, 2.24) is 0 Å². The minimum absolute atomic E-state index is 0.0507. The Balaban J connectivity index is 1.55. The lowest BCUT2D eigenvalue weighted by atomic mass is 10.1. The van der Waals surface area contributed by atoms with Crippen LogP contribution < -0.4 is 4.74 Å². The van der Waals surface area contributed by atoms with Crippen LogP contribution in [-0.4, -0.2) is 22.8 Å². The molecule has 8 heteroatoms. The van der Waals surface area contributed by atoms with Crippen LogP contribution in [0.5, 0.6) is 5.75 Å². The van der Waals surface area contributed by atoms with E-state index in [0.29, 0.717) is 11.1 Å². The number of carbonyl (C=O) groups is 2. The molecule has 0 atom stereocenters. The van der Waals surface area contributed by atoms with Gasteiger partial charge in [-0.3, -0.25) is 10.1 Å². The molecular formula is C24H16N2O6. The number of aryl methyl sites for hydroxylation is 1. The Morgan fingerprint density at radius 1 is 1.06 bits per heavy atom. The van der Waals surface area contributed by atoms with Crippen LogP contribution in [-0.2, 0) is 9.53 Å². The second-order valence-corrected chi connectivity index (χ2v) is 6.97. The number of hydrogen-bond acceptors (Lipinski definition) is 7. The summed E-state index contributed by atoms with van der Waals surface area (Å²) >= 11 is 0. The molecule has 0 spiro atoms. The van der Waals surface area contributed by atoms with Crippen molar-refractivity contribution < 1.29 is 24.0 Å². The van der Waals surface area contributed by atoms with E-state index < -0.39 is 16.9 Å². The molecular weight excluding hydrogens is 412 g/mol. The Morgan fingerprint density at radius 3 is 2.62 bits per heavy atom. The van der Waals surface area contributed by atoms with Crippen molar-refractivity contribution in [1.29, 1.82) is 0 Å². The third-order valence-corrected chi connectivity index (χ3v) is 4.55. The highest BCUT2D eigenvalue weighted by Gasteiger charge is 2.24. The zero-order chi connectivity index (χ0) is 22.7. The second kappa shape index (κ2) is 8.65. The zero-order valence-electron chi connectivity index (χ0n) is 16.8. The number of hydrogen-bond donors (Lipinski definition) is 0. The molecule has 0 saturated carbocycles. The van der Waals surface area contributed by atoms with E-state index >= 15 is 0 Å². The fourth-order valence-corrected chi connectivity index (χ4v) is 3.05. The molecule has 0 saturated heterocycles. The summed E-state index contributed by atoms with van der Waals surface area (Å²) in [5.74, 6) is -0.887. The molecule has 0 unspecified atom stereocenters. The number of nitro benzene ring substituents is 1. The lowest BCUT2D eigenvalue weighted by Gasteiger charge is -2.05. The molecule has 1 aliphatic rings. The van der Waals surface area contributed by atoms with Gasteiger partial charge in [-0.25, -0.2) is 14.6 Å². The Morgan fingerprint density at radius 2 is 1.84 bits per heavy atom. The summed E-state index contributed by atoms with van der Waals surface area (Å²) in [4.78, 5) is 39.2. The highest BCUT2D eigenvalue weighted by Crippen LogP contribution is 2.23. The van der Waals surface area contributed by atoms with Gasteiger partial charge in [0.25, 0.3) is 5.69 Å². The third-order valence-electron chi connectivity index (χ3n) is 4.55. The van der Waals surface area contributed by atoms with Crippen LogP contribution in [0.4, 0.5) is 5.69 Å². The third kappa shape index (κ3) is 4.59. The molecule has 3 aromatic carbocycles. The monoisotopic (exact) mass is 428 g/mol. The van der Waals surface area contributed by atoms with Gasteiger partial charge in [-0.2, -0.15) is 0 Å². The molecule has 4 rings (SSSR count). The first-order chi connectivity index (χ1) is 15.4. The summed E-state index contributed by atoms with van der Waals surface area (Å²) in [6, 6.07) is 19.2. The largest absolute Gasteiger partial charge is 0.423 e. The van der Waals surface area contributed by atoms with Crippen molar-refractivity contribution in [3.63, 3.8) is 0 Å². The van der Waals surface area contributed by atoms with Crippen molar-refractivity contribution in [3.8, 4) is 5.75 Å². The minimum atomic E-state index is -0.737. The maximum Gasteiger partial charge on any atom is 0.363 e. The van der Waals surface area contributed by atoms with Gasteiger partial charge in [-0.1, -0.05) is 35.9 Å². The number of aliphatic imine (C=N–C) groups is 1. The van der Waals surface area contributed by atoms with Crippen molar-refractivity contribution in [3.05, 3.63) is 111 Å². The van der Waals surface area contributed by atoms with Crippen LogP contribution in [0.15, 0.2) is 83.5 Å². The molecule has 0 aromatic heterocycles. The maximum absolute atomic E-state index is 12.4. The average molecular weight is 428 g/mol. The predicted molar refractivity (Wildman–Crippen MR) is 116 cm³/mol. The van der Waals surface area contributed by atoms with Gasteiger partial charge in [0, 0.05) is 17.7 Å². The Kier molecular flexibility index (Phi) is 5.59. The van der Waals surface area contributed by atoms with Crippen molar-refractivity contribution >= 4 is 29.6 Å². The van der Waals surface area contributed by atoms with Gasteiger partial charge in [0.1, 0.15) is 5.75 Å². The number of esters is 2. The normalized spacial score (nSPS) is 14.1. The van der Waals surface area contributed by atoms with E-state index in [1.807, 2.05) is 25.1 Å². The lowest BCUT2D eigenvalue weighted by molar-refractivity contribution is -0.384. The highest BCUT2D eigenvalue weighted by molar-refractivity contribution is 6.12. The maximum atomic E-state index is 12.4. The predicted octanol–water partition coefficient (Wildman–Crippen LogP) is 4.47. The van der Waals surface area contributed by atoms with Crippen LogP contribution in [0, 0.1) is 17.0 Å². The van der Waals surface area contributed by atoms with E-state index in [1.165, 1.54) is 24.3 Å². The Labute approximate surface area is 182 Å². The number of non-ortho nitro benzene ring substituents is 1. The molecule has 8 nitrogen and oxygen atoms in total. The quantitative estimate of drug-likeness (QED) is 0.195. The summed E-state index contributed by atoms with van der Waals surface area (Å²) in [7, 11) is 0. The average Bonchev–Trinajstić information content (AvgIpc) is 3.14. The summed E-state index contributed by atoms with van der Waals surface area (Å²) in [5.41, 5.74) is 2.23. The van der Waals surface area contributed by atoms with Crippen LogP contribution in [0.25, 0.3) is 6.08 Å². The number of benzene rings is 3. The van der Waals surface area contributed by atoms with Crippen LogP contribution in [0.3, 0.4) is 0 Å². The first-order valence-electron chi connectivity index (χ1n) is 9.55. The molecule has 32 heavy (non-hydrogen) atoms. The first kappa shape index (κ1) is 20.7. The van der Waals surface area contributed by atoms with Crippen LogP contribution in [0.2, 0.25) is 0 Å². The van der Waals surface area contributed by atoms with Gasteiger partial charge in [-0.05, 0) is 48.9 Å². The van der Waals surface area contributed by atoms with Crippen molar-refractivity contribution in [2.75, 3.05) is 0 Å². The number of ether oxygens (including phenoxy) is 2. The molecule has 158 valence electrons. The summed E-state index contributed by atoms with van der Waals surface area (Å²) in [6.45, 7) is 1.93. The van der Waals surface area contributed by atoms with Crippen molar-refractivity contribution in [2.24, 2.45) is 4.99 Å². The molecule has 0 radical (unpaired) electrons. The zero-order valence-corrected chi connectivity index (χ0v) is 16.8. The molecule has 3 aromatic rings. The fraction of sp³-hybridized carbons (Fsp3) is 0.0417. The van der Waals surface area contributed by atoms with Crippen LogP contribution in [0.1, 0.15) is 27.0 Å². The van der Waals surface area contributed by atoms with Gasteiger partial charge in [0.2, 0.25) is 5.90 Å². The van der Waals surface area contributed by atoms with E-state index in [1.54, 1.807) is 30.3 Å². The summed E-state index contributed by atoms with van der Waals surface area (Å²) in [5, 5.41) is 10.9. The van der Waals surface area contributed by atoms with Crippen molar-refractivity contribution in [2.45, 2.75) is 6.92 Å². The number of nitrogens with zero attached hydrogens (tertiary/aromatic N) is 2. The van der Waals surface area contributed by atoms with Gasteiger partial charge in [-0.15, -0.1) is 0 Å². The number of cyclic esters (lactones) is 1. The van der Waals surface area contributed by atoms with Gasteiger partial charge >= 0.3 is 11.9 Å². The molecule has 0 N–H and O–H groups in total. The van der Waals surface area contributed by atoms with Gasteiger partial charge in [0.05, 0.1) is 10.5 Å². The fourth-order valence-electron chi connectivity index (χ4n) is 3.05. The van der Waals surface area contributed by atoms with Gasteiger partial charge < -0.3 is 9.47 Å². The van der Waals surface area contributed by atoms with E-state index in [4.69, 9.17) is 9.47 Å². The van der Waals surface area contributed by atoms with E-state index in [0.717, 1.165) is 11.6 Å². The molecule has 0 aliphatic carbocycles. The number of carbonyl (C=O) groups excluding carboxylic acids is 2. The molecule has 0 fully saturated rings. The van der Waals surface area contributed by atoms with E-state index in [9.17, 15) is 19.7 Å². The second-order valence-electron chi connectivity index (χ2n) is 6.97. The van der Waals surface area contributed by atoms with E-state index in [2.05, 4.69) is 4.99 Å². The minimum Gasteiger partial charge on any atom is -0.423 e. The Hall–Kier alpha value is -4.59. The van der Waals surface area contributed by atoms with E-state index in [-0.39, 0.29) is 28.6 Å². The SMILES string of the molecule is Cc1cccc(C2=NC(=Cc3cccc(OC(=O)c4cccc([N+](=O)[O-])c4)c3)C(=O)O2)c1. The molecule has 1 heterocycles. The number of nitro groups is 1. The highest BCUT2D eigenvalue weighted by atomic mass is 16.6. The molecule has 0 amide bonds. The Bertz CT molecular complexity index is 1310. The number of rotatable bonds is 5. The standard InChI is InChI=1S/C24H16N2O6/c1-15-5-2-7-17(11-15)22-25-21(24(28)32-22)13-16-6-3-10-20(12-16)31-23(27)18-8-4-9-19(14-18)26(29)30/h2-14H,1H3.